The van der Waals surface area contributed by atoms with Crippen LogP contribution in [0, 0.1) is 11.6 Å². The van der Waals surface area contributed by atoms with E-state index in [1.807, 2.05) is 0 Å². The Hall–Kier alpha value is -5.00. The molecule has 0 unspecified atom stereocenters. The number of hydrogen-bond acceptors (Lipinski definition) is 5. The highest BCUT2D eigenvalue weighted by Gasteiger charge is 2.38. The Morgan fingerprint density at radius 1 is 0.921 bits per heavy atom. The van der Waals surface area contributed by atoms with E-state index in [0.717, 1.165) is 22.9 Å². The topological polar surface area (TPSA) is 103 Å². The summed E-state index contributed by atoms with van der Waals surface area (Å²) in [6.45, 7) is 0. The summed E-state index contributed by atoms with van der Waals surface area (Å²) >= 11 is 0. The van der Waals surface area contributed by atoms with E-state index in [2.05, 4.69) is 15.2 Å². The summed E-state index contributed by atoms with van der Waals surface area (Å²) in [6, 6.07) is 13.1. The molecule has 0 amide bonds. The van der Waals surface area contributed by atoms with Gasteiger partial charge < -0.3 is 15.2 Å². The summed E-state index contributed by atoms with van der Waals surface area (Å²) in [6.07, 6.45) is -3.47. The average molecular weight is 523 g/mol. The molecule has 38 heavy (non-hydrogen) atoms. The van der Waals surface area contributed by atoms with Gasteiger partial charge >= 0.3 is 6.18 Å². The van der Waals surface area contributed by atoms with Crippen molar-refractivity contribution >= 4 is 27.7 Å². The fraction of sp³-hybridized carbons (Fsp3) is 0.0385. The minimum Gasteiger partial charge on any atom is -0.380 e. The SMILES string of the molecule is Nc1noc2ccc(-n3nc(C(F)(F)F)c4ccc(-c5ccc(-c6ccc[nH]c6=O)cc5F)c(F)c43)cc12. The highest BCUT2D eigenvalue weighted by Crippen LogP contribution is 2.40. The number of nitrogens with zero attached hydrogens (tertiary/aromatic N) is 3. The zero-order valence-electron chi connectivity index (χ0n) is 19.0. The summed E-state index contributed by atoms with van der Waals surface area (Å²) in [7, 11) is 0. The second-order valence-corrected chi connectivity index (χ2v) is 8.44. The smallest absolute Gasteiger partial charge is 0.380 e. The van der Waals surface area contributed by atoms with E-state index in [1.54, 1.807) is 6.07 Å². The molecule has 12 heteroatoms. The van der Waals surface area contributed by atoms with Crippen molar-refractivity contribution in [3.63, 3.8) is 0 Å². The minimum atomic E-state index is -4.90. The first-order chi connectivity index (χ1) is 18.1. The third-order valence-electron chi connectivity index (χ3n) is 6.17. The third kappa shape index (κ3) is 3.60. The average Bonchev–Trinajstić information content (AvgIpc) is 3.46. The number of anilines is 1. The van der Waals surface area contributed by atoms with Crippen LogP contribution < -0.4 is 11.3 Å². The minimum absolute atomic E-state index is 0.00469. The van der Waals surface area contributed by atoms with Crippen LogP contribution in [0.25, 0.3) is 49.8 Å². The molecular formula is C26H14F5N5O2. The second kappa shape index (κ2) is 8.26. The lowest BCUT2D eigenvalue weighted by Gasteiger charge is -2.10. The molecule has 3 N–H and O–H groups in total. The van der Waals surface area contributed by atoms with Crippen molar-refractivity contribution in [3.05, 3.63) is 94.5 Å². The van der Waals surface area contributed by atoms with Gasteiger partial charge in [0.2, 0.25) is 0 Å². The highest BCUT2D eigenvalue weighted by molar-refractivity contribution is 5.92. The molecule has 0 aliphatic heterocycles. The highest BCUT2D eigenvalue weighted by atomic mass is 19.4. The molecule has 0 aliphatic rings. The first-order valence-electron chi connectivity index (χ1n) is 11.0. The molecule has 0 fully saturated rings. The fourth-order valence-corrected chi connectivity index (χ4v) is 4.40. The fourth-order valence-electron chi connectivity index (χ4n) is 4.40. The van der Waals surface area contributed by atoms with E-state index in [4.69, 9.17) is 10.3 Å². The summed E-state index contributed by atoms with van der Waals surface area (Å²) in [5.74, 6) is -1.99. The zero-order chi connectivity index (χ0) is 26.8. The van der Waals surface area contributed by atoms with Crippen LogP contribution in [-0.2, 0) is 6.18 Å². The summed E-state index contributed by atoms with van der Waals surface area (Å²) in [4.78, 5) is 14.6. The van der Waals surface area contributed by atoms with E-state index in [9.17, 15) is 18.0 Å². The van der Waals surface area contributed by atoms with Crippen LogP contribution in [0.5, 0.6) is 0 Å². The van der Waals surface area contributed by atoms with E-state index < -0.39 is 40.0 Å². The van der Waals surface area contributed by atoms with Gasteiger partial charge in [-0.2, -0.15) is 18.3 Å². The van der Waals surface area contributed by atoms with Gasteiger partial charge in [-0.1, -0.05) is 23.4 Å². The monoisotopic (exact) mass is 523 g/mol. The molecule has 3 aromatic carbocycles. The standard InChI is InChI=1S/C26H14F5N5O2/c27-19-10-12(14-2-1-9-33-25(14)37)3-5-15(19)16-6-7-17-22(21(16)28)36(34-23(17)26(29,30)31)13-4-8-20-18(11-13)24(32)35-38-20/h1-11H,(H2,32,35)(H,33,37). The zero-order valence-corrected chi connectivity index (χ0v) is 19.0. The van der Waals surface area contributed by atoms with Crippen molar-refractivity contribution < 1.29 is 26.5 Å². The lowest BCUT2D eigenvalue weighted by Crippen LogP contribution is -2.07. The number of benzene rings is 3. The van der Waals surface area contributed by atoms with Gasteiger partial charge in [-0.15, -0.1) is 0 Å². The Morgan fingerprint density at radius 2 is 1.71 bits per heavy atom. The summed E-state index contributed by atoms with van der Waals surface area (Å²) in [5, 5.41) is 7.06. The van der Waals surface area contributed by atoms with Crippen LogP contribution in [0.3, 0.4) is 0 Å². The van der Waals surface area contributed by atoms with Crippen molar-refractivity contribution in [2.24, 2.45) is 0 Å². The molecular weight excluding hydrogens is 509 g/mol. The van der Waals surface area contributed by atoms with Gasteiger partial charge in [-0.3, -0.25) is 4.79 Å². The number of H-pyrrole nitrogens is 1. The molecule has 7 nitrogen and oxygen atoms in total. The maximum Gasteiger partial charge on any atom is 0.435 e. The molecule has 6 rings (SSSR count). The maximum atomic E-state index is 16.0. The van der Waals surface area contributed by atoms with Crippen LogP contribution >= 0.6 is 0 Å². The van der Waals surface area contributed by atoms with Crippen molar-refractivity contribution in [3.8, 4) is 27.9 Å². The Labute approximate surface area is 208 Å². The van der Waals surface area contributed by atoms with Crippen LogP contribution in [0.15, 0.2) is 76.2 Å². The number of nitrogens with two attached hydrogens (primary N) is 1. The Balaban J connectivity index is 1.57. The molecule has 190 valence electrons. The number of fused-ring (bicyclic) bond motifs is 2. The van der Waals surface area contributed by atoms with Crippen LogP contribution in [0.4, 0.5) is 27.8 Å². The van der Waals surface area contributed by atoms with Gasteiger partial charge in [0.15, 0.2) is 22.9 Å². The third-order valence-corrected chi connectivity index (χ3v) is 6.17. The van der Waals surface area contributed by atoms with Gasteiger partial charge in [0.25, 0.3) is 5.56 Å². The molecule has 0 spiro atoms. The quantitative estimate of drug-likeness (QED) is 0.274. The molecule has 0 atom stereocenters. The normalized spacial score (nSPS) is 12.0. The number of aromatic nitrogens is 4. The van der Waals surface area contributed by atoms with E-state index in [-0.39, 0.29) is 39.3 Å². The predicted octanol–water partition coefficient (Wildman–Crippen LogP) is 6.07. The first kappa shape index (κ1) is 23.4. The van der Waals surface area contributed by atoms with Crippen molar-refractivity contribution in [1.29, 1.82) is 0 Å². The number of nitrogens with one attached hydrogen (secondary N) is 1. The number of aromatic amines is 1. The summed E-state index contributed by atoms with van der Waals surface area (Å²) in [5.41, 5.74) is 3.80. The molecule has 6 aromatic rings. The van der Waals surface area contributed by atoms with E-state index >= 15 is 8.78 Å². The number of alkyl halides is 3. The number of pyridine rings is 1. The molecule has 3 heterocycles. The molecule has 0 bridgehead atoms. The number of halogens is 5. The number of rotatable bonds is 3. The molecule has 0 saturated heterocycles. The van der Waals surface area contributed by atoms with Gasteiger partial charge in [0, 0.05) is 28.3 Å². The van der Waals surface area contributed by atoms with Gasteiger partial charge in [0.1, 0.15) is 11.3 Å². The van der Waals surface area contributed by atoms with Gasteiger partial charge in [-0.05, 0) is 48.0 Å². The second-order valence-electron chi connectivity index (χ2n) is 8.44. The molecule has 0 aliphatic carbocycles. The van der Waals surface area contributed by atoms with Gasteiger partial charge in [0.05, 0.1) is 11.1 Å². The number of hydrogen-bond donors (Lipinski definition) is 2. The lowest BCUT2D eigenvalue weighted by molar-refractivity contribution is -0.140. The van der Waals surface area contributed by atoms with Crippen molar-refractivity contribution in [1.82, 2.24) is 19.9 Å². The van der Waals surface area contributed by atoms with Crippen LogP contribution in [0.2, 0.25) is 0 Å². The van der Waals surface area contributed by atoms with Gasteiger partial charge in [-0.25, -0.2) is 13.5 Å². The van der Waals surface area contributed by atoms with E-state index in [1.165, 1.54) is 42.6 Å². The Morgan fingerprint density at radius 3 is 2.45 bits per heavy atom. The predicted molar refractivity (Wildman–Crippen MR) is 129 cm³/mol. The molecule has 0 saturated carbocycles. The Bertz CT molecular complexity index is 1940. The van der Waals surface area contributed by atoms with Crippen LogP contribution in [0.1, 0.15) is 5.69 Å². The molecule has 0 radical (unpaired) electrons. The number of nitrogen functional groups attached to an aromatic ring is 1. The summed E-state index contributed by atoms with van der Waals surface area (Å²) < 4.78 is 78.6. The largest absolute Gasteiger partial charge is 0.435 e. The van der Waals surface area contributed by atoms with Crippen molar-refractivity contribution in [2.45, 2.75) is 6.18 Å². The Kier molecular flexibility index (Phi) is 5.09. The molecule has 3 aromatic heterocycles. The van der Waals surface area contributed by atoms with E-state index in [0.29, 0.717) is 5.39 Å². The van der Waals surface area contributed by atoms with Crippen molar-refractivity contribution in [2.75, 3.05) is 5.73 Å². The maximum absolute atomic E-state index is 16.0. The lowest BCUT2D eigenvalue weighted by atomic mass is 9.98. The van der Waals surface area contributed by atoms with Crippen LogP contribution in [-0.4, -0.2) is 19.9 Å². The first-order valence-corrected chi connectivity index (χ1v) is 11.0.